The van der Waals surface area contributed by atoms with Crippen LogP contribution >= 0.6 is 0 Å². The molecule has 2 aromatic heterocycles. The maximum absolute atomic E-state index is 6.47. The molecule has 1 saturated carbocycles. The van der Waals surface area contributed by atoms with E-state index in [0.717, 1.165) is 16.7 Å². The standard InChI is InChI=1S/C36H29NO2/c1-2-8-22(9-3-1)23-14-16-33-27(18-23)29-20-30-28-19-24(15-17-34(28)39-36(30)21-35(29)38-33)37-31-12-6-4-10-25(31)26-11-5-7-13-32(26)37/h4-7,10-22,30,36H,1-3,8-9H2. The average Bonchev–Trinajstić information content (AvgIpc) is 3.64. The molecule has 0 radical (unpaired) electrons. The van der Waals surface area contributed by atoms with Crippen LogP contribution in [0, 0.1) is 0 Å². The van der Waals surface area contributed by atoms with Gasteiger partial charge in [0.1, 0.15) is 22.9 Å². The van der Waals surface area contributed by atoms with Gasteiger partial charge in [-0.05, 0) is 66.8 Å². The van der Waals surface area contributed by atoms with E-state index < -0.39 is 0 Å². The number of aromatic nitrogens is 1. The topological polar surface area (TPSA) is 27.3 Å². The maximum atomic E-state index is 6.47. The van der Waals surface area contributed by atoms with Gasteiger partial charge in [0, 0.05) is 44.6 Å². The molecule has 1 fully saturated rings. The largest absolute Gasteiger partial charge is 0.485 e. The predicted molar refractivity (Wildman–Crippen MR) is 158 cm³/mol. The van der Waals surface area contributed by atoms with Crippen LogP contribution in [0.25, 0.3) is 50.6 Å². The first-order valence-corrected chi connectivity index (χ1v) is 14.4. The molecule has 0 bridgehead atoms. The Morgan fingerprint density at radius 2 is 1.46 bits per heavy atom. The maximum Gasteiger partial charge on any atom is 0.135 e. The second-order valence-electron chi connectivity index (χ2n) is 11.5. The van der Waals surface area contributed by atoms with Crippen molar-refractivity contribution in [1.29, 1.82) is 0 Å². The van der Waals surface area contributed by atoms with Crippen molar-refractivity contribution < 1.29 is 9.15 Å². The van der Waals surface area contributed by atoms with Crippen molar-refractivity contribution in [3.63, 3.8) is 0 Å². The van der Waals surface area contributed by atoms with Crippen molar-refractivity contribution in [3.05, 3.63) is 107 Å². The third-order valence-corrected chi connectivity index (χ3v) is 9.33. The smallest absolute Gasteiger partial charge is 0.135 e. The molecule has 0 amide bonds. The van der Waals surface area contributed by atoms with Gasteiger partial charge in [0.15, 0.2) is 0 Å². The molecule has 3 heterocycles. The molecule has 3 aliphatic rings. The van der Waals surface area contributed by atoms with Gasteiger partial charge in [-0.3, -0.25) is 0 Å². The first kappa shape index (κ1) is 21.7. The molecule has 2 unspecified atom stereocenters. The highest BCUT2D eigenvalue weighted by atomic mass is 16.5. The third kappa shape index (κ3) is 3.16. The lowest BCUT2D eigenvalue weighted by atomic mass is 9.83. The summed E-state index contributed by atoms with van der Waals surface area (Å²) in [5, 5.41) is 5.03. The van der Waals surface area contributed by atoms with Crippen LogP contribution in [0.15, 0.2) is 89.3 Å². The molecule has 2 aliphatic carbocycles. The van der Waals surface area contributed by atoms with Crippen molar-refractivity contribution >= 4 is 44.9 Å². The summed E-state index contributed by atoms with van der Waals surface area (Å²) in [4.78, 5) is 0. The van der Waals surface area contributed by atoms with Crippen molar-refractivity contribution in [2.75, 3.05) is 0 Å². The molecule has 0 N–H and O–H groups in total. The Balaban J connectivity index is 1.20. The molecule has 39 heavy (non-hydrogen) atoms. The molecule has 0 spiro atoms. The fraction of sp³-hybridized carbons (Fsp3) is 0.222. The van der Waals surface area contributed by atoms with Crippen molar-refractivity contribution in [2.45, 2.75) is 50.0 Å². The number of fused-ring (bicyclic) bond motifs is 9. The van der Waals surface area contributed by atoms with Crippen molar-refractivity contribution in [2.24, 2.45) is 0 Å². The van der Waals surface area contributed by atoms with Gasteiger partial charge >= 0.3 is 0 Å². The zero-order chi connectivity index (χ0) is 25.5. The summed E-state index contributed by atoms with van der Waals surface area (Å²) < 4.78 is 15.2. The number of nitrogens with zero attached hydrogens (tertiary/aromatic N) is 1. The molecule has 2 atom stereocenters. The number of furan rings is 1. The van der Waals surface area contributed by atoms with Gasteiger partial charge in [0.2, 0.25) is 0 Å². The van der Waals surface area contributed by atoms with Gasteiger partial charge in [-0.25, -0.2) is 0 Å². The van der Waals surface area contributed by atoms with E-state index in [9.17, 15) is 0 Å². The molecule has 3 heteroatoms. The van der Waals surface area contributed by atoms with Gasteiger partial charge in [0.25, 0.3) is 0 Å². The van der Waals surface area contributed by atoms with Gasteiger partial charge in [-0.15, -0.1) is 0 Å². The fourth-order valence-corrected chi connectivity index (χ4v) is 7.43. The Labute approximate surface area is 226 Å². The summed E-state index contributed by atoms with van der Waals surface area (Å²) in [7, 11) is 0. The molecule has 1 aliphatic heterocycles. The summed E-state index contributed by atoms with van der Waals surface area (Å²) in [6.45, 7) is 0. The highest BCUT2D eigenvalue weighted by Crippen LogP contribution is 2.43. The van der Waals surface area contributed by atoms with Crippen molar-refractivity contribution in [1.82, 2.24) is 4.57 Å². The molecule has 4 aromatic carbocycles. The third-order valence-electron chi connectivity index (χ3n) is 9.33. The van der Waals surface area contributed by atoms with E-state index in [2.05, 4.69) is 102 Å². The monoisotopic (exact) mass is 507 g/mol. The minimum absolute atomic E-state index is 0.0423. The molecule has 3 nitrogen and oxygen atoms in total. The van der Waals surface area contributed by atoms with Crippen LogP contribution in [0.1, 0.15) is 55.1 Å². The van der Waals surface area contributed by atoms with Gasteiger partial charge < -0.3 is 13.7 Å². The summed E-state index contributed by atoms with van der Waals surface area (Å²) in [6, 6.07) is 30.9. The van der Waals surface area contributed by atoms with Crippen LogP contribution in [-0.4, -0.2) is 10.7 Å². The lowest BCUT2D eigenvalue weighted by molar-refractivity contribution is 0.286. The highest BCUT2D eigenvalue weighted by molar-refractivity contribution is 6.09. The van der Waals surface area contributed by atoms with Crippen molar-refractivity contribution in [3.8, 4) is 11.4 Å². The van der Waals surface area contributed by atoms with E-state index in [1.165, 1.54) is 81.3 Å². The quantitative estimate of drug-likeness (QED) is 0.240. The number of hydrogen-bond donors (Lipinski definition) is 0. The Morgan fingerprint density at radius 3 is 2.26 bits per heavy atom. The normalized spacial score (nSPS) is 20.3. The molecule has 6 aromatic rings. The van der Waals surface area contributed by atoms with Crippen LogP contribution in [0.4, 0.5) is 0 Å². The average molecular weight is 508 g/mol. The Kier molecular flexibility index (Phi) is 4.52. The Hall–Kier alpha value is -4.24. The number of ether oxygens (including phenoxy) is 1. The van der Waals surface area contributed by atoms with Gasteiger partial charge in [-0.2, -0.15) is 0 Å². The first-order valence-electron chi connectivity index (χ1n) is 14.4. The zero-order valence-corrected chi connectivity index (χ0v) is 21.8. The summed E-state index contributed by atoms with van der Waals surface area (Å²) in [6.07, 6.45) is 11.2. The second kappa shape index (κ2) is 8.13. The number of rotatable bonds is 2. The molecule has 9 rings (SSSR count). The number of para-hydroxylation sites is 2. The first-order chi connectivity index (χ1) is 19.3. The van der Waals surface area contributed by atoms with Crippen LogP contribution in [0.2, 0.25) is 0 Å². The van der Waals surface area contributed by atoms with Crippen LogP contribution in [-0.2, 0) is 0 Å². The summed E-state index contributed by atoms with van der Waals surface area (Å²) in [5.74, 6) is 1.82. The second-order valence-corrected chi connectivity index (χ2v) is 11.5. The SMILES string of the molecule is C1=c2oc3ccc(C4CCCCC4)cc3c2=CC2c3cc(-n4c5ccccc5c5ccccc54)ccc3OC12. The van der Waals surface area contributed by atoms with E-state index in [1.54, 1.807) is 0 Å². The van der Waals surface area contributed by atoms with E-state index >= 15 is 0 Å². The van der Waals surface area contributed by atoms with E-state index in [-0.39, 0.29) is 12.0 Å². The van der Waals surface area contributed by atoms with E-state index in [4.69, 9.17) is 9.15 Å². The van der Waals surface area contributed by atoms with Crippen LogP contribution in [0.5, 0.6) is 5.75 Å². The number of benzene rings is 4. The van der Waals surface area contributed by atoms with E-state index in [0.29, 0.717) is 5.92 Å². The van der Waals surface area contributed by atoms with Gasteiger partial charge in [0.05, 0.1) is 11.0 Å². The lowest BCUT2D eigenvalue weighted by Crippen LogP contribution is -2.32. The minimum Gasteiger partial charge on any atom is -0.485 e. The highest BCUT2D eigenvalue weighted by Gasteiger charge is 2.34. The lowest BCUT2D eigenvalue weighted by Gasteiger charge is -2.21. The fourth-order valence-electron chi connectivity index (χ4n) is 7.43. The summed E-state index contributed by atoms with van der Waals surface area (Å²) in [5.41, 5.74) is 8.27. The van der Waals surface area contributed by atoms with Gasteiger partial charge in [-0.1, -0.05) is 67.8 Å². The van der Waals surface area contributed by atoms with Crippen LogP contribution < -0.4 is 15.4 Å². The molecule has 0 saturated heterocycles. The van der Waals surface area contributed by atoms with Crippen LogP contribution in [0.3, 0.4) is 0 Å². The summed E-state index contributed by atoms with van der Waals surface area (Å²) >= 11 is 0. The zero-order valence-electron chi connectivity index (χ0n) is 21.8. The Bertz CT molecular complexity index is 2000. The molecule has 190 valence electrons. The Morgan fingerprint density at radius 1 is 0.692 bits per heavy atom. The van der Waals surface area contributed by atoms with E-state index in [1.807, 2.05) is 0 Å². The number of hydrogen-bond acceptors (Lipinski definition) is 2. The minimum atomic E-state index is -0.0423. The molecular weight excluding hydrogens is 478 g/mol. The predicted octanol–water partition coefficient (Wildman–Crippen LogP) is 7.70. The molecular formula is C36H29NO2.